The summed E-state index contributed by atoms with van der Waals surface area (Å²) in [6.45, 7) is 6.46. The third-order valence-electron chi connectivity index (χ3n) is 6.44. The summed E-state index contributed by atoms with van der Waals surface area (Å²) in [5, 5.41) is 10.2. The van der Waals surface area contributed by atoms with Gasteiger partial charge in [-0.3, -0.25) is 14.5 Å². The molecule has 1 N–H and O–H groups in total. The van der Waals surface area contributed by atoms with Gasteiger partial charge in [0.05, 0.1) is 18.2 Å². The van der Waals surface area contributed by atoms with Crippen LogP contribution in [-0.2, 0) is 20.9 Å². The van der Waals surface area contributed by atoms with Crippen LogP contribution in [0.15, 0.2) is 18.2 Å². The Hall–Kier alpha value is -1.79. The second-order valence-corrected chi connectivity index (χ2v) is 9.38. The van der Waals surface area contributed by atoms with E-state index in [1.807, 2.05) is 18.2 Å². The fourth-order valence-electron chi connectivity index (χ4n) is 4.30. The Morgan fingerprint density at radius 2 is 1.67 bits per heavy atom. The summed E-state index contributed by atoms with van der Waals surface area (Å²) in [6, 6.07) is 5.82. The van der Waals surface area contributed by atoms with Crippen LogP contribution in [-0.4, -0.2) is 48.2 Å². The number of rotatable bonds is 15. The molecule has 0 aromatic heterocycles. The van der Waals surface area contributed by atoms with Crippen molar-refractivity contribution in [3.05, 3.63) is 28.8 Å². The van der Waals surface area contributed by atoms with Gasteiger partial charge in [0.25, 0.3) is 0 Å². The van der Waals surface area contributed by atoms with E-state index in [9.17, 15) is 14.7 Å². The molecule has 7 heteroatoms. The molecular weight excluding hydrogens is 442 g/mol. The minimum Gasteiger partial charge on any atom is -0.492 e. The molecule has 1 heterocycles. The SMILES string of the molecule is CCCCCCCCCCOc1ccc(CN2CCC(C(=O)O)(C(=O)OCC)CC2)cc1Cl. The van der Waals surface area contributed by atoms with E-state index in [4.69, 9.17) is 21.1 Å². The van der Waals surface area contributed by atoms with Gasteiger partial charge in [-0.1, -0.05) is 69.5 Å². The Kier molecular flexibility index (Phi) is 12.0. The highest BCUT2D eigenvalue weighted by Crippen LogP contribution is 2.34. The second-order valence-electron chi connectivity index (χ2n) is 8.97. The first-order chi connectivity index (χ1) is 15.9. The summed E-state index contributed by atoms with van der Waals surface area (Å²) >= 11 is 6.44. The quantitative estimate of drug-likeness (QED) is 0.185. The van der Waals surface area contributed by atoms with Gasteiger partial charge in [0.15, 0.2) is 5.41 Å². The first-order valence-corrected chi connectivity index (χ1v) is 12.8. The maximum atomic E-state index is 12.3. The Bertz CT molecular complexity index is 746. The molecule has 0 radical (unpaired) electrons. The molecule has 0 atom stereocenters. The van der Waals surface area contributed by atoms with Gasteiger partial charge in [-0.05, 0) is 43.9 Å². The molecule has 186 valence electrons. The smallest absolute Gasteiger partial charge is 0.323 e. The van der Waals surface area contributed by atoms with Crippen molar-refractivity contribution in [1.82, 2.24) is 4.90 Å². The van der Waals surface area contributed by atoms with Gasteiger partial charge in [-0.25, -0.2) is 0 Å². The van der Waals surface area contributed by atoms with Crippen LogP contribution in [0.1, 0.15) is 83.6 Å². The molecule has 6 nitrogen and oxygen atoms in total. The molecule has 33 heavy (non-hydrogen) atoms. The highest BCUT2D eigenvalue weighted by Gasteiger charge is 2.49. The Morgan fingerprint density at radius 3 is 2.24 bits per heavy atom. The average Bonchev–Trinajstić information content (AvgIpc) is 2.79. The van der Waals surface area contributed by atoms with Crippen molar-refractivity contribution in [2.75, 3.05) is 26.3 Å². The Balaban J connectivity index is 1.75. The van der Waals surface area contributed by atoms with Gasteiger partial charge >= 0.3 is 11.9 Å². The molecule has 1 aromatic carbocycles. The molecule has 0 spiro atoms. The standard InChI is InChI=1S/C26H40ClNO5/c1-3-5-6-7-8-9-10-11-18-33-23-13-12-21(19-22(23)27)20-28-16-14-26(15-17-28,24(29)30)25(31)32-4-2/h12-13,19H,3-11,14-18,20H2,1-2H3,(H,29,30). The van der Waals surface area contributed by atoms with Gasteiger partial charge in [0.1, 0.15) is 5.75 Å². The van der Waals surface area contributed by atoms with Gasteiger partial charge < -0.3 is 14.6 Å². The lowest BCUT2D eigenvalue weighted by atomic mass is 9.78. The normalized spacial score (nSPS) is 15.8. The Labute approximate surface area is 203 Å². The van der Waals surface area contributed by atoms with Gasteiger partial charge in [0, 0.05) is 19.6 Å². The molecule has 0 saturated carbocycles. The molecule has 1 fully saturated rings. The highest BCUT2D eigenvalue weighted by atomic mass is 35.5. The van der Waals surface area contributed by atoms with Crippen LogP contribution >= 0.6 is 11.6 Å². The van der Waals surface area contributed by atoms with Crippen LogP contribution in [0.4, 0.5) is 0 Å². The third kappa shape index (κ3) is 8.49. The van der Waals surface area contributed by atoms with Crippen molar-refractivity contribution in [3.63, 3.8) is 0 Å². The lowest BCUT2D eigenvalue weighted by molar-refractivity contribution is -0.172. The number of unbranched alkanes of at least 4 members (excludes halogenated alkanes) is 7. The van der Waals surface area contributed by atoms with E-state index in [0.29, 0.717) is 37.0 Å². The van der Waals surface area contributed by atoms with Gasteiger partial charge in [-0.15, -0.1) is 0 Å². The number of carbonyl (C=O) groups is 2. The lowest BCUT2D eigenvalue weighted by Gasteiger charge is -2.37. The molecule has 0 aliphatic carbocycles. The molecule has 1 saturated heterocycles. The molecular formula is C26H40ClNO5. The van der Waals surface area contributed by atoms with Crippen molar-refractivity contribution in [2.24, 2.45) is 5.41 Å². The van der Waals surface area contributed by atoms with Crippen LogP contribution in [0.5, 0.6) is 5.75 Å². The fraction of sp³-hybridized carbons (Fsp3) is 0.692. The van der Waals surface area contributed by atoms with E-state index in [-0.39, 0.29) is 19.4 Å². The number of hydrogen-bond acceptors (Lipinski definition) is 5. The molecule has 0 bridgehead atoms. The van der Waals surface area contributed by atoms with E-state index in [2.05, 4.69) is 11.8 Å². The van der Waals surface area contributed by atoms with Crippen LogP contribution in [0.2, 0.25) is 5.02 Å². The van der Waals surface area contributed by atoms with Crippen molar-refractivity contribution in [3.8, 4) is 5.75 Å². The molecule has 0 unspecified atom stereocenters. The zero-order valence-corrected chi connectivity index (χ0v) is 21.0. The van der Waals surface area contributed by atoms with Crippen LogP contribution in [0.25, 0.3) is 0 Å². The van der Waals surface area contributed by atoms with E-state index >= 15 is 0 Å². The zero-order chi connectivity index (χ0) is 24.1. The van der Waals surface area contributed by atoms with Gasteiger partial charge in [-0.2, -0.15) is 0 Å². The number of benzene rings is 1. The zero-order valence-electron chi connectivity index (χ0n) is 20.2. The van der Waals surface area contributed by atoms with Crippen LogP contribution < -0.4 is 4.74 Å². The highest BCUT2D eigenvalue weighted by molar-refractivity contribution is 6.32. The summed E-state index contributed by atoms with van der Waals surface area (Å²) in [5.41, 5.74) is -0.393. The third-order valence-corrected chi connectivity index (χ3v) is 6.74. The Morgan fingerprint density at radius 1 is 1.03 bits per heavy atom. The molecule has 1 aliphatic heterocycles. The van der Waals surface area contributed by atoms with Crippen molar-refractivity contribution in [1.29, 1.82) is 0 Å². The van der Waals surface area contributed by atoms with Crippen LogP contribution in [0.3, 0.4) is 0 Å². The fourth-order valence-corrected chi connectivity index (χ4v) is 4.56. The van der Waals surface area contributed by atoms with Crippen molar-refractivity contribution >= 4 is 23.5 Å². The second kappa shape index (κ2) is 14.5. The number of carbonyl (C=O) groups excluding carboxylic acids is 1. The maximum Gasteiger partial charge on any atom is 0.323 e. The number of aliphatic carboxylic acids is 1. The van der Waals surface area contributed by atoms with E-state index < -0.39 is 17.4 Å². The topological polar surface area (TPSA) is 76.1 Å². The number of ether oxygens (including phenoxy) is 2. The average molecular weight is 482 g/mol. The van der Waals surface area contributed by atoms with E-state index in [1.165, 1.54) is 44.9 Å². The first kappa shape index (κ1) is 27.5. The summed E-state index contributed by atoms with van der Waals surface area (Å²) in [7, 11) is 0. The first-order valence-electron chi connectivity index (χ1n) is 12.5. The summed E-state index contributed by atoms with van der Waals surface area (Å²) in [5.74, 6) is -1.02. The number of esters is 1. The van der Waals surface area contributed by atoms with Crippen molar-refractivity contribution < 1.29 is 24.2 Å². The summed E-state index contributed by atoms with van der Waals surface area (Å²) < 4.78 is 10.9. The lowest BCUT2D eigenvalue weighted by Crippen LogP contribution is -2.49. The summed E-state index contributed by atoms with van der Waals surface area (Å²) in [4.78, 5) is 26.2. The molecule has 1 aliphatic rings. The van der Waals surface area contributed by atoms with E-state index in [1.54, 1.807) is 6.92 Å². The monoisotopic (exact) mass is 481 g/mol. The van der Waals surface area contributed by atoms with Crippen molar-refractivity contribution in [2.45, 2.75) is 84.6 Å². The minimum atomic E-state index is -1.43. The number of likely N-dealkylation sites (tertiary alicyclic amines) is 1. The maximum absolute atomic E-state index is 12.3. The summed E-state index contributed by atoms with van der Waals surface area (Å²) in [6.07, 6.45) is 10.6. The number of carboxylic acid groups (broad SMARTS) is 1. The van der Waals surface area contributed by atoms with Crippen LogP contribution in [0, 0.1) is 5.41 Å². The number of piperidine rings is 1. The largest absolute Gasteiger partial charge is 0.492 e. The molecule has 0 amide bonds. The van der Waals surface area contributed by atoms with Gasteiger partial charge in [0.2, 0.25) is 0 Å². The number of hydrogen-bond donors (Lipinski definition) is 1. The molecule has 1 aromatic rings. The number of carboxylic acids is 1. The minimum absolute atomic E-state index is 0.184. The van der Waals surface area contributed by atoms with E-state index in [0.717, 1.165) is 12.0 Å². The molecule has 2 rings (SSSR count). The predicted molar refractivity (Wildman–Crippen MR) is 131 cm³/mol. The number of nitrogens with zero attached hydrogens (tertiary/aromatic N) is 1. The predicted octanol–water partition coefficient (Wildman–Crippen LogP) is 6.09. The number of halogens is 1.